The minimum atomic E-state index is -3.70. The fraction of sp³-hybridized carbons (Fsp3) is 0.278. The molecule has 0 radical (unpaired) electrons. The molecule has 0 bridgehead atoms. The number of rotatable bonds is 4. The first-order valence-corrected chi connectivity index (χ1v) is 9.58. The Hall–Kier alpha value is -2.25. The maximum Gasteiger partial charge on any atom is 0.255 e. The molecule has 1 aliphatic rings. The van der Waals surface area contributed by atoms with Crippen LogP contribution < -0.4 is 5.32 Å². The van der Waals surface area contributed by atoms with Crippen LogP contribution >= 0.6 is 0 Å². The number of carbonyl (C=O) groups is 1. The molecule has 7 heteroatoms. The summed E-state index contributed by atoms with van der Waals surface area (Å²) < 4.78 is 40.8. The number of piperidine rings is 1. The highest BCUT2D eigenvalue weighted by Crippen LogP contribution is 2.24. The van der Waals surface area contributed by atoms with Crippen molar-refractivity contribution in [3.05, 3.63) is 59.9 Å². The predicted octanol–water partition coefficient (Wildman–Crippen LogP) is 3.25. The Bertz CT molecular complexity index is 863. The summed E-state index contributed by atoms with van der Waals surface area (Å²) >= 11 is 0. The first-order chi connectivity index (χ1) is 12.0. The molecular formula is C18H19FN2O3S. The van der Waals surface area contributed by atoms with Gasteiger partial charge in [-0.2, -0.15) is 4.31 Å². The fourth-order valence-electron chi connectivity index (χ4n) is 2.80. The Labute approximate surface area is 146 Å². The molecule has 1 amide bonds. The second kappa shape index (κ2) is 7.33. The highest BCUT2D eigenvalue weighted by atomic mass is 32.2. The van der Waals surface area contributed by atoms with E-state index in [1.54, 1.807) is 30.3 Å². The molecule has 1 heterocycles. The van der Waals surface area contributed by atoms with Crippen LogP contribution in [-0.4, -0.2) is 31.7 Å². The van der Waals surface area contributed by atoms with E-state index in [-0.39, 0.29) is 10.6 Å². The quantitative estimate of drug-likeness (QED) is 0.908. The minimum absolute atomic E-state index is 0.0496. The van der Waals surface area contributed by atoms with Crippen LogP contribution in [0.2, 0.25) is 0 Å². The van der Waals surface area contributed by atoms with Gasteiger partial charge in [-0.25, -0.2) is 12.8 Å². The van der Waals surface area contributed by atoms with Crippen LogP contribution in [0.5, 0.6) is 0 Å². The average Bonchev–Trinajstić information content (AvgIpc) is 2.64. The van der Waals surface area contributed by atoms with Crippen LogP contribution in [-0.2, 0) is 10.0 Å². The number of carbonyl (C=O) groups excluding carboxylic acids is 1. The van der Waals surface area contributed by atoms with Crippen LogP contribution in [0.4, 0.5) is 10.1 Å². The highest BCUT2D eigenvalue weighted by Gasteiger charge is 2.26. The first-order valence-electron chi connectivity index (χ1n) is 8.14. The molecule has 5 nitrogen and oxygen atoms in total. The number of sulfonamides is 1. The van der Waals surface area contributed by atoms with Crippen molar-refractivity contribution in [2.75, 3.05) is 18.4 Å². The van der Waals surface area contributed by atoms with Gasteiger partial charge in [-0.1, -0.05) is 24.6 Å². The lowest BCUT2D eigenvalue weighted by molar-refractivity contribution is 0.102. The predicted molar refractivity (Wildman–Crippen MR) is 93.4 cm³/mol. The van der Waals surface area contributed by atoms with E-state index in [0.29, 0.717) is 18.7 Å². The van der Waals surface area contributed by atoms with Crippen LogP contribution in [0.15, 0.2) is 53.4 Å². The number of hydrogen-bond donors (Lipinski definition) is 1. The molecule has 3 rings (SSSR count). The molecule has 0 saturated carbocycles. The van der Waals surface area contributed by atoms with Gasteiger partial charge in [-0.3, -0.25) is 4.79 Å². The summed E-state index contributed by atoms with van der Waals surface area (Å²) in [6.07, 6.45) is 2.63. The smallest absolute Gasteiger partial charge is 0.255 e. The number of benzene rings is 2. The number of anilines is 1. The summed E-state index contributed by atoms with van der Waals surface area (Å²) in [6, 6.07) is 12.0. The fourth-order valence-corrected chi connectivity index (χ4v) is 4.33. The Morgan fingerprint density at radius 3 is 2.32 bits per heavy atom. The number of halogens is 1. The van der Waals surface area contributed by atoms with Crippen molar-refractivity contribution in [2.24, 2.45) is 0 Å². The minimum Gasteiger partial charge on any atom is -0.319 e. The van der Waals surface area contributed by atoms with Gasteiger partial charge in [0, 0.05) is 18.7 Å². The molecule has 0 unspecified atom stereocenters. The van der Waals surface area contributed by atoms with E-state index in [4.69, 9.17) is 0 Å². The molecule has 1 N–H and O–H groups in total. The highest BCUT2D eigenvalue weighted by molar-refractivity contribution is 7.89. The maximum atomic E-state index is 14.3. The Morgan fingerprint density at radius 1 is 1.00 bits per heavy atom. The van der Waals surface area contributed by atoms with Gasteiger partial charge in [-0.15, -0.1) is 0 Å². The molecule has 2 aromatic rings. The number of hydrogen-bond acceptors (Lipinski definition) is 3. The molecule has 2 aromatic carbocycles. The van der Waals surface area contributed by atoms with Crippen molar-refractivity contribution >= 4 is 21.6 Å². The van der Waals surface area contributed by atoms with E-state index in [1.165, 1.54) is 16.4 Å². The zero-order valence-corrected chi connectivity index (χ0v) is 14.4. The molecule has 1 aliphatic heterocycles. The van der Waals surface area contributed by atoms with Crippen LogP contribution in [0.3, 0.4) is 0 Å². The lowest BCUT2D eigenvalue weighted by atomic mass is 10.2. The van der Waals surface area contributed by atoms with Crippen LogP contribution in [0.25, 0.3) is 0 Å². The van der Waals surface area contributed by atoms with E-state index < -0.39 is 21.7 Å². The van der Waals surface area contributed by atoms with Crippen LogP contribution in [0, 0.1) is 5.82 Å². The van der Waals surface area contributed by atoms with E-state index in [1.807, 2.05) is 0 Å². The van der Waals surface area contributed by atoms with E-state index in [2.05, 4.69) is 5.32 Å². The van der Waals surface area contributed by atoms with Gasteiger partial charge in [0.2, 0.25) is 10.0 Å². The topological polar surface area (TPSA) is 66.5 Å². The molecule has 1 fully saturated rings. The Morgan fingerprint density at radius 2 is 1.68 bits per heavy atom. The van der Waals surface area contributed by atoms with Crippen molar-refractivity contribution in [2.45, 2.75) is 24.2 Å². The molecule has 25 heavy (non-hydrogen) atoms. The summed E-state index contributed by atoms with van der Waals surface area (Å²) in [5.74, 6) is -1.23. The number of nitrogens with one attached hydrogen (secondary N) is 1. The van der Waals surface area contributed by atoms with E-state index in [9.17, 15) is 17.6 Å². The maximum absolute atomic E-state index is 14.3. The van der Waals surface area contributed by atoms with Crippen molar-refractivity contribution in [1.29, 1.82) is 0 Å². The molecule has 132 valence electrons. The largest absolute Gasteiger partial charge is 0.319 e. The molecule has 0 spiro atoms. The average molecular weight is 362 g/mol. The zero-order chi connectivity index (χ0) is 17.9. The molecular weight excluding hydrogens is 343 g/mol. The second-order valence-electron chi connectivity index (χ2n) is 5.93. The van der Waals surface area contributed by atoms with Crippen molar-refractivity contribution in [1.82, 2.24) is 4.31 Å². The third kappa shape index (κ3) is 3.88. The normalized spacial score (nSPS) is 15.7. The standard InChI is InChI=1S/C18H19FN2O3S/c19-16-13-15(25(23,24)21-11-5-2-6-12-21)9-10-17(16)20-18(22)14-7-3-1-4-8-14/h1,3-4,7-10,13H,2,5-6,11-12H2,(H,20,22). The Balaban J connectivity index is 1.80. The van der Waals surface area contributed by atoms with Crippen molar-refractivity contribution in [3.63, 3.8) is 0 Å². The summed E-state index contributed by atoms with van der Waals surface area (Å²) in [7, 11) is -3.70. The third-order valence-electron chi connectivity index (χ3n) is 4.18. The van der Waals surface area contributed by atoms with Gasteiger partial charge >= 0.3 is 0 Å². The number of amides is 1. The first kappa shape index (κ1) is 17.6. The van der Waals surface area contributed by atoms with Gasteiger partial charge < -0.3 is 5.32 Å². The van der Waals surface area contributed by atoms with Crippen molar-refractivity contribution in [3.8, 4) is 0 Å². The molecule has 0 atom stereocenters. The summed E-state index contributed by atoms with van der Waals surface area (Å²) in [4.78, 5) is 12.0. The van der Waals surface area contributed by atoms with E-state index >= 15 is 0 Å². The zero-order valence-electron chi connectivity index (χ0n) is 13.6. The summed E-state index contributed by atoms with van der Waals surface area (Å²) in [6.45, 7) is 0.910. The van der Waals surface area contributed by atoms with Gasteiger partial charge in [0.05, 0.1) is 10.6 Å². The molecule has 0 aromatic heterocycles. The third-order valence-corrected chi connectivity index (χ3v) is 6.07. The number of nitrogens with zero attached hydrogens (tertiary/aromatic N) is 1. The van der Waals surface area contributed by atoms with Gasteiger partial charge in [-0.05, 0) is 43.2 Å². The molecule has 1 saturated heterocycles. The lowest BCUT2D eigenvalue weighted by Crippen LogP contribution is -2.35. The monoisotopic (exact) mass is 362 g/mol. The molecule has 0 aliphatic carbocycles. The Kier molecular flexibility index (Phi) is 5.15. The van der Waals surface area contributed by atoms with Gasteiger partial charge in [0.25, 0.3) is 5.91 Å². The van der Waals surface area contributed by atoms with E-state index in [0.717, 1.165) is 25.3 Å². The SMILES string of the molecule is O=C(Nc1ccc(S(=O)(=O)N2CCCCC2)cc1F)c1ccccc1. The van der Waals surface area contributed by atoms with Gasteiger partial charge in [0.1, 0.15) is 5.82 Å². The summed E-state index contributed by atoms with van der Waals surface area (Å²) in [5, 5.41) is 2.46. The second-order valence-corrected chi connectivity index (χ2v) is 7.86. The summed E-state index contributed by atoms with van der Waals surface area (Å²) in [5.41, 5.74) is 0.346. The lowest BCUT2D eigenvalue weighted by Gasteiger charge is -2.26. The van der Waals surface area contributed by atoms with Gasteiger partial charge in [0.15, 0.2) is 0 Å². The van der Waals surface area contributed by atoms with Crippen LogP contribution in [0.1, 0.15) is 29.6 Å². The van der Waals surface area contributed by atoms with Crippen molar-refractivity contribution < 1.29 is 17.6 Å².